The molecule has 0 amide bonds. The summed E-state index contributed by atoms with van der Waals surface area (Å²) >= 11 is 1.40. The maximum atomic E-state index is 11.9. The fourth-order valence-electron chi connectivity index (χ4n) is 1.98. The smallest absolute Gasteiger partial charge is 0.341 e. The number of methoxy groups -OCH3 is 2. The van der Waals surface area contributed by atoms with Crippen LogP contribution in [0.2, 0.25) is 0 Å². The summed E-state index contributed by atoms with van der Waals surface area (Å²) in [5.41, 5.74) is 5.50. The average molecular weight is 349 g/mol. The Kier molecular flexibility index (Phi) is 6.71. The second-order valence-corrected chi connectivity index (χ2v) is 5.55. The number of benzene rings is 1. The van der Waals surface area contributed by atoms with Gasteiger partial charge in [-0.3, -0.25) is 10.3 Å². The fourth-order valence-corrected chi connectivity index (χ4v) is 2.56. The summed E-state index contributed by atoms with van der Waals surface area (Å²) in [6, 6.07) is 7.39. The molecule has 1 aromatic rings. The minimum atomic E-state index is -0.473. The van der Waals surface area contributed by atoms with Gasteiger partial charge in [-0.05, 0) is 18.1 Å². The Morgan fingerprint density at radius 1 is 1.38 bits per heavy atom. The van der Waals surface area contributed by atoms with Crippen molar-refractivity contribution in [1.82, 2.24) is 10.3 Å². The summed E-state index contributed by atoms with van der Waals surface area (Å²) in [4.78, 5) is 21.2. The van der Waals surface area contributed by atoms with Crippen LogP contribution in [0.1, 0.15) is 18.1 Å². The second kappa shape index (κ2) is 8.99. The molecule has 0 atom stereocenters. The topological polar surface area (TPSA) is 81.2 Å². The minimum absolute atomic E-state index is 0.256. The van der Waals surface area contributed by atoms with Gasteiger partial charge in [0.1, 0.15) is 12.2 Å². The van der Waals surface area contributed by atoms with Crippen molar-refractivity contribution in [2.24, 2.45) is 5.10 Å². The maximum absolute atomic E-state index is 11.9. The molecule has 0 radical (unpaired) electrons. The number of nitrogens with zero attached hydrogens (tertiary/aromatic N) is 1. The standard InChI is InChI=1S/C16H19N3O4S/c1-11-15(24-19-18-11)8-17-23-9-12-6-4-5-7-13(12)14(10-21-2)16(20)22-3/h4-8,10,17,19H,9H2,1-3H3/b14-10+,15-8?. The van der Waals surface area contributed by atoms with E-state index in [1.807, 2.05) is 31.2 Å². The van der Waals surface area contributed by atoms with Crippen LogP contribution in [0.5, 0.6) is 0 Å². The number of hydrogen-bond acceptors (Lipinski definition) is 8. The van der Waals surface area contributed by atoms with Crippen LogP contribution in [-0.2, 0) is 25.7 Å². The lowest BCUT2D eigenvalue weighted by Gasteiger charge is -2.11. The molecular weight excluding hydrogens is 330 g/mol. The van der Waals surface area contributed by atoms with Crippen LogP contribution in [0.15, 0.2) is 46.7 Å². The largest absolute Gasteiger partial charge is 0.503 e. The summed E-state index contributed by atoms with van der Waals surface area (Å²) in [5, 5.41) is 4.03. The van der Waals surface area contributed by atoms with E-state index in [0.29, 0.717) is 11.1 Å². The van der Waals surface area contributed by atoms with Crippen molar-refractivity contribution in [3.8, 4) is 0 Å². The van der Waals surface area contributed by atoms with E-state index in [2.05, 4.69) is 15.4 Å². The van der Waals surface area contributed by atoms with Crippen molar-refractivity contribution in [2.75, 3.05) is 14.2 Å². The van der Waals surface area contributed by atoms with Gasteiger partial charge >= 0.3 is 5.97 Å². The van der Waals surface area contributed by atoms with E-state index in [4.69, 9.17) is 14.3 Å². The Hall–Kier alpha value is -2.45. The van der Waals surface area contributed by atoms with E-state index in [-0.39, 0.29) is 6.61 Å². The summed E-state index contributed by atoms with van der Waals surface area (Å²) in [6.45, 7) is 2.15. The first-order valence-corrected chi connectivity index (χ1v) is 7.92. The predicted molar refractivity (Wildman–Crippen MR) is 93.3 cm³/mol. The van der Waals surface area contributed by atoms with Gasteiger partial charge in [0.15, 0.2) is 0 Å². The zero-order valence-electron chi connectivity index (χ0n) is 13.7. The number of hydrogen-bond donors (Lipinski definition) is 2. The molecule has 1 aliphatic rings. The van der Waals surface area contributed by atoms with Gasteiger partial charge in [0.05, 0.1) is 31.1 Å². The normalized spacial score (nSPS) is 15.7. The molecule has 7 nitrogen and oxygen atoms in total. The molecule has 24 heavy (non-hydrogen) atoms. The molecule has 0 aromatic heterocycles. The molecule has 0 aliphatic carbocycles. The lowest BCUT2D eigenvalue weighted by molar-refractivity contribution is -0.133. The van der Waals surface area contributed by atoms with E-state index in [1.165, 1.54) is 32.4 Å². The lowest BCUT2D eigenvalue weighted by atomic mass is 10.0. The highest BCUT2D eigenvalue weighted by Gasteiger charge is 2.16. The quantitative estimate of drug-likeness (QED) is 0.195. The number of hydroxylamine groups is 1. The monoisotopic (exact) mass is 349 g/mol. The Bertz CT molecular complexity index is 686. The first-order chi connectivity index (χ1) is 11.7. The molecule has 1 aliphatic heterocycles. The molecule has 1 aromatic carbocycles. The molecule has 2 rings (SSSR count). The number of carbonyl (C=O) groups is 1. The summed E-state index contributed by atoms with van der Waals surface area (Å²) < 4.78 is 9.79. The van der Waals surface area contributed by atoms with Gasteiger partial charge in [0, 0.05) is 18.1 Å². The van der Waals surface area contributed by atoms with Crippen molar-refractivity contribution >= 4 is 29.2 Å². The third-order valence-corrected chi connectivity index (χ3v) is 3.99. The van der Waals surface area contributed by atoms with E-state index in [0.717, 1.165) is 16.2 Å². The molecule has 1 heterocycles. The SMILES string of the molecule is CO/C=C(/C(=O)OC)c1ccccc1CONC=C1SNN=C1C. The average Bonchev–Trinajstić information content (AvgIpc) is 3.01. The first kappa shape index (κ1) is 17.9. The molecule has 0 bridgehead atoms. The maximum Gasteiger partial charge on any atom is 0.341 e. The number of nitrogens with one attached hydrogen (secondary N) is 2. The van der Waals surface area contributed by atoms with Crippen LogP contribution >= 0.6 is 11.9 Å². The van der Waals surface area contributed by atoms with Crippen LogP contribution in [0, 0.1) is 0 Å². The van der Waals surface area contributed by atoms with Gasteiger partial charge in [-0.1, -0.05) is 24.3 Å². The van der Waals surface area contributed by atoms with E-state index in [1.54, 1.807) is 6.20 Å². The highest BCUT2D eigenvalue weighted by molar-refractivity contribution is 8.02. The molecule has 8 heteroatoms. The Balaban J connectivity index is 2.07. The molecule has 0 fully saturated rings. The van der Waals surface area contributed by atoms with E-state index in [9.17, 15) is 4.79 Å². The van der Waals surface area contributed by atoms with Crippen LogP contribution in [0.25, 0.3) is 5.57 Å². The van der Waals surface area contributed by atoms with Gasteiger partial charge in [-0.15, -0.1) is 0 Å². The number of carbonyl (C=O) groups excluding carboxylic acids is 1. The summed E-state index contributed by atoms with van der Waals surface area (Å²) in [6.07, 6.45) is 3.08. The molecular formula is C16H19N3O4S. The zero-order valence-corrected chi connectivity index (χ0v) is 14.5. The van der Waals surface area contributed by atoms with Crippen molar-refractivity contribution in [2.45, 2.75) is 13.5 Å². The zero-order chi connectivity index (χ0) is 17.4. The molecule has 128 valence electrons. The second-order valence-electron chi connectivity index (χ2n) is 4.72. The van der Waals surface area contributed by atoms with Crippen LogP contribution in [-0.4, -0.2) is 25.9 Å². The van der Waals surface area contributed by atoms with Gasteiger partial charge in [0.2, 0.25) is 0 Å². The summed E-state index contributed by atoms with van der Waals surface area (Å²) in [7, 11) is 2.81. The third-order valence-electron chi connectivity index (χ3n) is 3.18. The first-order valence-electron chi connectivity index (χ1n) is 7.11. The summed E-state index contributed by atoms with van der Waals surface area (Å²) in [5.74, 6) is -0.473. The molecule has 0 saturated carbocycles. The number of ether oxygens (including phenoxy) is 2. The highest BCUT2D eigenvalue weighted by Crippen LogP contribution is 2.22. The highest BCUT2D eigenvalue weighted by atomic mass is 32.2. The molecule has 0 saturated heterocycles. The van der Waals surface area contributed by atoms with Gasteiger partial charge in [-0.2, -0.15) is 5.10 Å². The Labute approximate surface area is 144 Å². The van der Waals surface area contributed by atoms with Crippen LogP contribution in [0.4, 0.5) is 0 Å². The molecule has 2 N–H and O–H groups in total. The van der Waals surface area contributed by atoms with Gasteiger partial charge in [-0.25, -0.2) is 9.63 Å². The molecule has 0 unspecified atom stereocenters. The van der Waals surface area contributed by atoms with Crippen LogP contribution in [0.3, 0.4) is 0 Å². The van der Waals surface area contributed by atoms with Gasteiger partial charge in [0.25, 0.3) is 0 Å². The van der Waals surface area contributed by atoms with Gasteiger partial charge < -0.3 is 9.47 Å². The number of allylic oxidation sites excluding steroid dienone is 1. The van der Waals surface area contributed by atoms with Crippen molar-refractivity contribution < 1.29 is 19.1 Å². The van der Waals surface area contributed by atoms with Crippen molar-refractivity contribution in [1.29, 1.82) is 0 Å². The lowest BCUT2D eigenvalue weighted by Crippen LogP contribution is -2.11. The third kappa shape index (κ3) is 4.53. The molecule has 0 spiro atoms. The van der Waals surface area contributed by atoms with E-state index >= 15 is 0 Å². The number of esters is 1. The predicted octanol–water partition coefficient (Wildman–Crippen LogP) is 2.34. The number of rotatable bonds is 7. The van der Waals surface area contributed by atoms with E-state index < -0.39 is 5.97 Å². The Morgan fingerprint density at radius 3 is 2.83 bits per heavy atom. The van der Waals surface area contributed by atoms with Crippen molar-refractivity contribution in [3.05, 3.63) is 52.8 Å². The minimum Gasteiger partial charge on any atom is -0.503 e. The number of hydrazone groups is 1. The fraction of sp³-hybridized carbons (Fsp3) is 0.250. The van der Waals surface area contributed by atoms with Crippen LogP contribution < -0.4 is 10.3 Å². The Morgan fingerprint density at radius 2 is 2.17 bits per heavy atom. The van der Waals surface area contributed by atoms with Crippen molar-refractivity contribution in [3.63, 3.8) is 0 Å².